The van der Waals surface area contributed by atoms with Crippen LogP contribution in [0.3, 0.4) is 0 Å². The van der Waals surface area contributed by atoms with E-state index in [1.807, 2.05) is 26.8 Å². The Kier molecular flexibility index (Phi) is 7.07. The highest BCUT2D eigenvalue weighted by molar-refractivity contribution is 5.88. The van der Waals surface area contributed by atoms with Gasteiger partial charge in [-0.15, -0.1) is 0 Å². The number of ether oxygens (including phenoxy) is 2. The Morgan fingerprint density at radius 3 is 2.48 bits per heavy atom. The van der Waals surface area contributed by atoms with E-state index in [-0.39, 0.29) is 24.2 Å². The van der Waals surface area contributed by atoms with E-state index >= 15 is 0 Å². The van der Waals surface area contributed by atoms with E-state index in [1.54, 1.807) is 18.2 Å². The van der Waals surface area contributed by atoms with E-state index in [9.17, 15) is 9.59 Å². The van der Waals surface area contributed by atoms with Crippen molar-refractivity contribution < 1.29 is 19.1 Å². The van der Waals surface area contributed by atoms with Crippen molar-refractivity contribution in [3.8, 4) is 17.6 Å². The summed E-state index contributed by atoms with van der Waals surface area (Å²) in [4.78, 5) is 23.4. The number of ketones is 1. The van der Waals surface area contributed by atoms with Gasteiger partial charge in [0.15, 0.2) is 23.9 Å². The minimum absolute atomic E-state index is 0.00495. The van der Waals surface area contributed by atoms with Crippen LogP contribution in [0.4, 0.5) is 0 Å². The summed E-state index contributed by atoms with van der Waals surface area (Å²) >= 11 is 0. The molecular weight excluding hydrogens is 296 g/mol. The first-order chi connectivity index (χ1) is 10.9. The predicted octanol–water partition coefficient (Wildman–Crippen LogP) is 2.07. The standard InChI is InChI=1S/C17H22N2O4/c1-5-22-15-8-13(9-18)6-7-14(15)23-10-16(21)19-17(11(2)3)12(4)20/h6-8,11,17H,5,10H2,1-4H3,(H,19,21). The average Bonchev–Trinajstić information content (AvgIpc) is 2.50. The lowest BCUT2D eigenvalue weighted by Crippen LogP contribution is -2.45. The highest BCUT2D eigenvalue weighted by Gasteiger charge is 2.21. The molecule has 0 aliphatic rings. The van der Waals surface area contributed by atoms with Crippen LogP contribution in [-0.2, 0) is 9.59 Å². The molecule has 1 N–H and O–H groups in total. The fourth-order valence-electron chi connectivity index (χ4n) is 2.06. The molecule has 1 unspecified atom stereocenters. The summed E-state index contributed by atoms with van der Waals surface area (Å²) in [6.45, 7) is 7.16. The molecule has 1 aromatic carbocycles. The average molecular weight is 318 g/mol. The maximum atomic E-state index is 11.9. The van der Waals surface area contributed by atoms with Crippen LogP contribution in [0, 0.1) is 17.2 Å². The van der Waals surface area contributed by atoms with Gasteiger partial charge in [-0.2, -0.15) is 5.26 Å². The molecule has 1 rings (SSSR count). The zero-order chi connectivity index (χ0) is 17.4. The molecule has 6 heteroatoms. The molecule has 0 fully saturated rings. The molecule has 0 bridgehead atoms. The van der Waals surface area contributed by atoms with Crippen LogP contribution in [0.5, 0.6) is 11.5 Å². The molecule has 0 spiro atoms. The summed E-state index contributed by atoms with van der Waals surface area (Å²) in [6.07, 6.45) is 0. The van der Waals surface area contributed by atoms with Gasteiger partial charge in [0.2, 0.25) is 0 Å². The molecule has 1 atom stereocenters. The number of rotatable bonds is 8. The van der Waals surface area contributed by atoms with Crippen molar-refractivity contribution in [2.24, 2.45) is 5.92 Å². The van der Waals surface area contributed by atoms with Crippen LogP contribution in [0.2, 0.25) is 0 Å². The lowest BCUT2D eigenvalue weighted by atomic mass is 10.0. The zero-order valence-electron chi connectivity index (χ0n) is 13.9. The Morgan fingerprint density at radius 1 is 1.26 bits per heavy atom. The van der Waals surface area contributed by atoms with Gasteiger partial charge in [0.25, 0.3) is 5.91 Å². The maximum Gasteiger partial charge on any atom is 0.258 e. The summed E-state index contributed by atoms with van der Waals surface area (Å²) in [5, 5.41) is 11.6. The van der Waals surface area contributed by atoms with Crippen LogP contribution in [-0.4, -0.2) is 30.9 Å². The number of amides is 1. The third kappa shape index (κ3) is 5.62. The quantitative estimate of drug-likeness (QED) is 0.792. The van der Waals surface area contributed by atoms with Gasteiger partial charge in [-0.3, -0.25) is 9.59 Å². The second-order valence-electron chi connectivity index (χ2n) is 5.39. The lowest BCUT2D eigenvalue weighted by Gasteiger charge is -2.19. The Hall–Kier alpha value is -2.55. The summed E-state index contributed by atoms with van der Waals surface area (Å²) in [7, 11) is 0. The first-order valence-electron chi connectivity index (χ1n) is 7.48. The molecular formula is C17H22N2O4. The topological polar surface area (TPSA) is 88.4 Å². The normalized spacial score (nSPS) is 11.5. The second kappa shape index (κ2) is 8.79. The molecule has 0 saturated carbocycles. The van der Waals surface area contributed by atoms with Crippen molar-refractivity contribution in [1.29, 1.82) is 5.26 Å². The number of Topliss-reactive ketones (excluding diaryl/α,β-unsaturated/α-hetero) is 1. The Bertz CT molecular complexity index is 605. The third-order valence-corrected chi connectivity index (χ3v) is 3.15. The van der Waals surface area contributed by atoms with Crippen molar-refractivity contribution in [3.05, 3.63) is 23.8 Å². The van der Waals surface area contributed by atoms with Crippen LogP contribution in [0.15, 0.2) is 18.2 Å². The number of carbonyl (C=O) groups is 2. The Labute approximate surface area is 136 Å². The summed E-state index contributed by atoms with van der Waals surface area (Å²) < 4.78 is 10.9. The second-order valence-corrected chi connectivity index (χ2v) is 5.39. The van der Waals surface area contributed by atoms with Crippen LogP contribution in [0.1, 0.15) is 33.3 Å². The molecule has 0 aromatic heterocycles. The summed E-state index contributed by atoms with van der Waals surface area (Å²) in [5.74, 6) is 0.314. The van der Waals surface area contributed by atoms with Gasteiger partial charge < -0.3 is 14.8 Å². The number of nitrogens with one attached hydrogen (secondary N) is 1. The molecule has 0 saturated heterocycles. The minimum Gasteiger partial charge on any atom is -0.490 e. The third-order valence-electron chi connectivity index (χ3n) is 3.15. The largest absolute Gasteiger partial charge is 0.490 e. The first kappa shape index (κ1) is 18.5. The fourth-order valence-corrected chi connectivity index (χ4v) is 2.06. The Morgan fingerprint density at radius 2 is 1.96 bits per heavy atom. The van der Waals surface area contributed by atoms with Crippen LogP contribution >= 0.6 is 0 Å². The highest BCUT2D eigenvalue weighted by atomic mass is 16.5. The van der Waals surface area contributed by atoms with Gasteiger partial charge in [-0.05, 0) is 31.9 Å². The summed E-state index contributed by atoms with van der Waals surface area (Å²) in [6, 6.07) is 6.22. The van der Waals surface area contributed by atoms with Gasteiger partial charge in [0.05, 0.1) is 24.3 Å². The SMILES string of the molecule is CCOc1cc(C#N)ccc1OCC(=O)NC(C(C)=O)C(C)C. The van der Waals surface area contributed by atoms with Gasteiger partial charge in [0, 0.05) is 6.07 Å². The van der Waals surface area contributed by atoms with Gasteiger partial charge in [0.1, 0.15) is 0 Å². The van der Waals surface area contributed by atoms with Gasteiger partial charge in [-0.1, -0.05) is 13.8 Å². The van der Waals surface area contributed by atoms with Crippen molar-refractivity contribution in [1.82, 2.24) is 5.32 Å². The maximum absolute atomic E-state index is 11.9. The van der Waals surface area contributed by atoms with Crippen LogP contribution in [0.25, 0.3) is 0 Å². The van der Waals surface area contributed by atoms with E-state index in [1.165, 1.54) is 6.92 Å². The number of nitrogens with zero attached hydrogens (tertiary/aromatic N) is 1. The zero-order valence-corrected chi connectivity index (χ0v) is 13.9. The van der Waals surface area contributed by atoms with Gasteiger partial charge in [-0.25, -0.2) is 0 Å². The van der Waals surface area contributed by atoms with Gasteiger partial charge >= 0.3 is 0 Å². The van der Waals surface area contributed by atoms with Crippen molar-refractivity contribution >= 4 is 11.7 Å². The van der Waals surface area contributed by atoms with Crippen molar-refractivity contribution in [3.63, 3.8) is 0 Å². The molecule has 1 aromatic rings. The predicted molar refractivity (Wildman–Crippen MR) is 85.3 cm³/mol. The van der Waals surface area contributed by atoms with E-state index in [4.69, 9.17) is 14.7 Å². The van der Waals surface area contributed by atoms with E-state index in [0.717, 1.165) is 0 Å². The molecule has 124 valence electrons. The van der Waals surface area contributed by atoms with E-state index in [2.05, 4.69) is 5.32 Å². The highest BCUT2D eigenvalue weighted by Crippen LogP contribution is 2.28. The number of hydrogen-bond acceptors (Lipinski definition) is 5. The van der Waals surface area contributed by atoms with Crippen molar-refractivity contribution in [2.75, 3.05) is 13.2 Å². The molecule has 23 heavy (non-hydrogen) atoms. The summed E-state index contributed by atoms with van der Waals surface area (Å²) in [5.41, 5.74) is 0.446. The molecule has 0 heterocycles. The molecule has 0 aliphatic heterocycles. The number of benzene rings is 1. The van der Waals surface area contributed by atoms with E-state index < -0.39 is 6.04 Å². The van der Waals surface area contributed by atoms with E-state index in [0.29, 0.717) is 23.7 Å². The fraction of sp³-hybridized carbons (Fsp3) is 0.471. The Balaban J connectivity index is 2.72. The van der Waals surface area contributed by atoms with Crippen LogP contribution < -0.4 is 14.8 Å². The number of hydrogen-bond donors (Lipinski definition) is 1. The number of nitriles is 1. The molecule has 0 aliphatic carbocycles. The minimum atomic E-state index is -0.529. The molecule has 6 nitrogen and oxygen atoms in total. The monoisotopic (exact) mass is 318 g/mol. The number of carbonyl (C=O) groups excluding carboxylic acids is 2. The first-order valence-corrected chi connectivity index (χ1v) is 7.48. The molecule has 0 radical (unpaired) electrons. The van der Waals surface area contributed by atoms with Crippen molar-refractivity contribution in [2.45, 2.75) is 33.7 Å². The lowest BCUT2D eigenvalue weighted by molar-refractivity contribution is -0.129. The smallest absolute Gasteiger partial charge is 0.258 e. The molecule has 1 amide bonds.